The van der Waals surface area contributed by atoms with E-state index in [0.717, 1.165) is 32.7 Å². The second-order valence-electron chi connectivity index (χ2n) is 7.15. The average molecular weight is 353 g/mol. The van der Waals surface area contributed by atoms with E-state index < -0.39 is 0 Å². The number of pyridine rings is 1. The van der Waals surface area contributed by atoms with Gasteiger partial charge in [-0.1, -0.05) is 0 Å². The van der Waals surface area contributed by atoms with Crippen LogP contribution < -0.4 is 4.74 Å². The summed E-state index contributed by atoms with van der Waals surface area (Å²) in [6, 6.07) is 5.53. The summed E-state index contributed by atoms with van der Waals surface area (Å²) in [7, 11) is 1.95. The highest BCUT2D eigenvalue weighted by atomic mass is 16.5. The lowest BCUT2D eigenvalue weighted by atomic mass is 9.91. The molecule has 136 valence electrons. The van der Waals surface area contributed by atoms with Crippen molar-refractivity contribution in [2.45, 2.75) is 19.1 Å². The van der Waals surface area contributed by atoms with Gasteiger partial charge in [-0.2, -0.15) is 10.4 Å². The molecule has 7 nitrogen and oxygen atoms in total. The van der Waals surface area contributed by atoms with Crippen LogP contribution in [-0.2, 0) is 18.3 Å². The molecule has 0 unspecified atom stereocenters. The molecule has 0 N–H and O–H groups in total. The zero-order valence-electron chi connectivity index (χ0n) is 14.9. The summed E-state index contributed by atoms with van der Waals surface area (Å²) < 4.78 is 13.6. The van der Waals surface area contributed by atoms with E-state index >= 15 is 0 Å². The lowest BCUT2D eigenvalue weighted by molar-refractivity contribution is 0.0923. The summed E-state index contributed by atoms with van der Waals surface area (Å²) in [6.07, 6.45) is 6.85. The number of hydrogen-bond acceptors (Lipinski definition) is 6. The molecule has 0 aromatic carbocycles. The third-order valence-corrected chi connectivity index (χ3v) is 5.28. The Morgan fingerprint density at radius 2 is 2.27 bits per heavy atom. The van der Waals surface area contributed by atoms with Gasteiger partial charge >= 0.3 is 0 Å². The second kappa shape index (κ2) is 7.44. The van der Waals surface area contributed by atoms with Gasteiger partial charge in [-0.15, -0.1) is 0 Å². The Bertz CT molecular complexity index is 782. The van der Waals surface area contributed by atoms with Crippen LogP contribution in [0.2, 0.25) is 0 Å². The van der Waals surface area contributed by atoms with Crippen LogP contribution in [0.3, 0.4) is 0 Å². The van der Waals surface area contributed by atoms with Crippen molar-refractivity contribution in [3.63, 3.8) is 0 Å². The second-order valence-corrected chi connectivity index (χ2v) is 7.15. The van der Waals surface area contributed by atoms with Crippen molar-refractivity contribution >= 4 is 0 Å². The number of aryl methyl sites for hydroxylation is 1. The van der Waals surface area contributed by atoms with Crippen molar-refractivity contribution in [2.24, 2.45) is 18.9 Å². The molecular weight excluding hydrogens is 330 g/mol. The van der Waals surface area contributed by atoms with Crippen molar-refractivity contribution in [3.8, 4) is 11.9 Å². The SMILES string of the molecule is Cn1cc(CN2C[C@H]3[C@@H](CCOc4ccc(C#N)cn4)CO[C@H]3C2)cn1. The van der Waals surface area contributed by atoms with Crippen LogP contribution in [0.25, 0.3) is 0 Å². The summed E-state index contributed by atoms with van der Waals surface area (Å²) in [5, 5.41) is 13.0. The molecule has 0 radical (unpaired) electrons. The molecule has 2 aromatic rings. The van der Waals surface area contributed by atoms with E-state index in [1.54, 1.807) is 12.1 Å². The zero-order valence-corrected chi connectivity index (χ0v) is 14.9. The average Bonchev–Trinajstić information content (AvgIpc) is 3.33. The van der Waals surface area contributed by atoms with Crippen LogP contribution in [0.4, 0.5) is 0 Å². The number of fused-ring (bicyclic) bond motifs is 1. The number of likely N-dealkylation sites (tertiary alicyclic amines) is 1. The Balaban J connectivity index is 1.25. The Hall–Kier alpha value is -2.43. The molecule has 2 aliphatic rings. The number of nitriles is 1. The van der Waals surface area contributed by atoms with Gasteiger partial charge in [0, 0.05) is 56.6 Å². The first-order valence-electron chi connectivity index (χ1n) is 9.01. The van der Waals surface area contributed by atoms with E-state index in [1.165, 1.54) is 11.8 Å². The van der Waals surface area contributed by atoms with Crippen molar-refractivity contribution in [1.29, 1.82) is 5.26 Å². The van der Waals surface area contributed by atoms with Crippen molar-refractivity contribution < 1.29 is 9.47 Å². The summed E-state index contributed by atoms with van der Waals surface area (Å²) >= 11 is 0. The molecule has 0 spiro atoms. The van der Waals surface area contributed by atoms with Crippen LogP contribution >= 0.6 is 0 Å². The van der Waals surface area contributed by atoms with Crippen LogP contribution in [0, 0.1) is 23.2 Å². The summed E-state index contributed by atoms with van der Waals surface area (Å²) in [4.78, 5) is 6.61. The number of ether oxygens (including phenoxy) is 2. The minimum atomic E-state index is 0.338. The van der Waals surface area contributed by atoms with Gasteiger partial charge in [0.1, 0.15) is 6.07 Å². The predicted molar refractivity (Wildman–Crippen MR) is 94.3 cm³/mol. The molecule has 2 aromatic heterocycles. The zero-order chi connectivity index (χ0) is 17.9. The van der Waals surface area contributed by atoms with Gasteiger partial charge in [0.15, 0.2) is 0 Å². The van der Waals surface area contributed by atoms with Gasteiger partial charge in [-0.25, -0.2) is 4.98 Å². The summed E-state index contributed by atoms with van der Waals surface area (Å²) in [6.45, 7) is 4.44. The van der Waals surface area contributed by atoms with Crippen molar-refractivity contribution in [1.82, 2.24) is 19.7 Å². The maximum Gasteiger partial charge on any atom is 0.213 e. The molecule has 4 rings (SSSR count). The number of nitrogens with zero attached hydrogens (tertiary/aromatic N) is 5. The topological polar surface area (TPSA) is 76.2 Å². The highest BCUT2D eigenvalue weighted by Gasteiger charge is 2.43. The van der Waals surface area contributed by atoms with E-state index in [1.807, 2.05) is 17.9 Å². The molecule has 0 saturated carbocycles. The monoisotopic (exact) mass is 353 g/mol. The minimum Gasteiger partial charge on any atom is -0.478 e. The Morgan fingerprint density at radius 1 is 1.35 bits per heavy atom. The highest BCUT2D eigenvalue weighted by Crippen LogP contribution is 2.36. The van der Waals surface area contributed by atoms with Gasteiger partial charge in [0.25, 0.3) is 0 Å². The molecule has 0 bridgehead atoms. The molecule has 2 aliphatic heterocycles. The van der Waals surface area contributed by atoms with Gasteiger partial charge in [0.2, 0.25) is 5.88 Å². The Kier molecular flexibility index (Phi) is 4.87. The number of hydrogen-bond donors (Lipinski definition) is 0. The maximum atomic E-state index is 8.80. The van der Waals surface area contributed by atoms with Crippen molar-refractivity contribution in [3.05, 3.63) is 41.9 Å². The van der Waals surface area contributed by atoms with Crippen LogP contribution in [-0.4, -0.2) is 52.1 Å². The van der Waals surface area contributed by atoms with Crippen molar-refractivity contribution in [2.75, 3.05) is 26.3 Å². The molecule has 0 amide bonds. The quantitative estimate of drug-likeness (QED) is 0.785. The van der Waals surface area contributed by atoms with E-state index in [9.17, 15) is 0 Å². The third kappa shape index (κ3) is 3.71. The Labute approximate surface area is 153 Å². The molecule has 2 fully saturated rings. The third-order valence-electron chi connectivity index (χ3n) is 5.28. The van der Waals surface area contributed by atoms with Crippen LogP contribution in [0.15, 0.2) is 30.7 Å². The molecule has 7 heteroatoms. The standard InChI is InChI=1S/C19H23N5O2/c1-23-9-15(8-22-23)10-24-11-17-16(13-26-18(17)12-24)4-5-25-19-3-2-14(6-20)7-21-19/h2-3,7-9,16-18H,4-5,10-13H2,1H3/t16-,17-,18-/m0/s1. The van der Waals surface area contributed by atoms with E-state index in [-0.39, 0.29) is 0 Å². The molecule has 2 saturated heterocycles. The smallest absolute Gasteiger partial charge is 0.213 e. The van der Waals surface area contributed by atoms with Gasteiger partial charge in [-0.3, -0.25) is 9.58 Å². The molecule has 4 heterocycles. The number of aromatic nitrogens is 3. The Morgan fingerprint density at radius 3 is 3.00 bits per heavy atom. The summed E-state index contributed by atoms with van der Waals surface area (Å²) in [5.74, 6) is 1.67. The van der Waals surface area contributed by atoms with Gasteiger partial charge < -0.3 is 9.47 Å². The lowest BCUT2D eigenvalue weighted by Crippen LogP contribution is -2.24. The lowest BCUT2D eigenvalue weighted by Gasteiger charge is -2.19. The minimum absolute atomic E-state index is 0.338. The van der Waals surface area contributed by atoms with Gasteiger partial charge in [0.05, 0.1) is 31.1 Å². The maximum absolute atomic E-state index is 8.80. The first kappa shape index (κ1) is 17.0. The van der Waals surface area contributed by atoms with E-state index in [0.29, 0.717) is 36.0 Å². The molecular formula is C19H23N5O2. The molecule has 0 aliphatic carbocycles. The fourth-order valence-corrected chi connectivity index (χ4v) is 3.96. The first-order chi connectivity index (χ1) is 12.7. The van der Waals surface area contributed by atoms with Gasteiger partial charge in [-0.05, 0) is 18.4 Å². The largest absolute Gasteiger partial charge is 0.478 e. The number of rotatable bonds is 6. The molecule has 3 atom stereocenters. The highest BCUT2D eigenvalue weighted by molar-refractivity contribution is 5.28. The first-order valence-corrected chi connectivity index (χ1v) is 9.01. The van der Waals surface area contributed by atoms with Crippen LogP contribution in [0.5, 0.6) is 5.88 Å². The van der Waals surface area contributed by atoms with E-state index in [2.05, 4.69) is 27.2 Å². The molecule has 26 heavy (non-hydrogen) atoms. The normalized spacial score (nSPS) is 25.2. The fraction of sp³-hybridized carbons (Fsp3) is 0.526. The predicted octanol–water partition coefficient (Wildman–Crippen LogP) is 1.60. The van der Waals surface area contributed by atoms with E-state index in [4.69, 9.17) is 14.7 Å². The fourth-order valence-electron chi connectivity index (χ4n) is 3.96. The van der Waals surface area contributed by atoms with Crippen LogP contribution in [0.1, 0.15) is 17.5 Å². The summed E-state index contributed by atoms with van der Waals surface area (Å²) in [5.41, 5.74) is 1.79.